The van der Waals surface area contributed by atoms with Crippen molar-refractivity contribution in [2.24, 2.45) is 11.8 Å². The Hall–Kier alpha value is -2.53. The Bertz CT molecular complexity index is 900. The van der Waals surface area contributed by atoms with E-state index in [9.17, 15) is 26.3 Å². The maximum atomic E-state index is 13.2. The lowest BCUT2D eigenvalue weighted by Gasteiger charge is -2.46. The molecular formula is C26H30F6N2. The molecule has 0 radical (unpaired) electrons. The number of nitriles is 1. The van der Waals surface area contributed by atoms with Gasteiger partial charge in [-0.2, -0.15) is 31.6 Å². The summed E-state index contributed by atoms with van der Waals surface area (Å²) in [5, 5.41) is 7.32. The van der Waals surface area contributed by atoms with Crippen LogP contribution >= 0.6 is 0 Å². The van der Waals surface area contributed by atoms with E-state index >= 15 is 0 Å². The second-order valence-corrected chi connectivity index (χ2v) is 8.67. The molecule has 186 valence electrons. The molecular weight excluding hydrogens is 454 g/mol. The average molecular weight is 485 g/mol. The number of rotatable bonds is 8. The van der Waals surface area contributed by atoms with E-state index in [0.717, 1.165) is 37.9 Å². The monoisotopic (exact) mass is 484 g/mol. The number of likely N-dealkylation sites (N-methyl/N-ethyl adjacent to an activating group) is 1. The quantitative estimate of drug-likeness (QED) is 0.372. The molecule has 0 saturated heterocycles. The zero-order chi connectivity index (χ0) is 25.4. The second kappa shape index (κ2) is 12.3. The minimum absolute atomic E-state index is 0.339. The number of halogens is 6. The molecule has 1 saturated carbocycles. The Balaban J connectivity index is 0.00000129. The van der Waals surface area contributed by atoms with Gasteiger partial charge >= 0.3 is 12.4 Å². The fourth-order valence-corrected chi connectivity index (χ4v) is 4.35. The van der Waals surface area contributed by atoms with Crippen molar-refractivity contribution in [3.8, 4) is 6.07 Å². The van der Waals surface area contributed by atoms with Crippen LogP contribution in [0.5, 0.6) is 0 Å². The molecule has 8 heteroatoms. The van der Waals surface area contributed by atoms with E-state index in [1.165, 1.54) is 12.5 Å². The van der Waals surface area contributed by atoms with Crippen LogP contribution in [-0.4, -0.2) is 37.4 Å². The largest absolute Gasteiger partial charge is 0.393 e. The van der Waals surface area contributed by atoms with Crippen molar-refractivity contribution >= 4 is 0 Å². The van der Waals surface area contributed by atoms with Crippen molar-refractivity contribution in [2.45, 2.75) is 50.9 Å². The molecule has 34 heavy (non-hydrogen) atoms. The minimum Gasteiger partial charge on any atom is -0.306 e. The first kappa shape index (κ1) is 27.7. The molecule has 1 aliphatic rings. The summed E-state index contributed by atoms with van der Waals surface area (Å²) >= 11 is 0. The van der Waals surface area contributed by atoms with Crippen molar-refractivity contribution < 1.29 is 26.3 Å². The second-order valence-electron chi connectivity index (χ2n) is 8.67. The number of benzene rings is 2. The highest BCUT2D eigenvalue weighted by Gasteiger charge is 2.64. The lowest BCUT2D eigenvalue weighted by atomic mass is 9.61. The van der Waals surface area contributed by atoms with E-state index in [4.69, 9.17) is 5.26 Å². The molecule has 0 aromatic heterocycles. The van der Waals surface area contributed by atoms with Gasteiger partial charge in [0.05, 0.1) is 17.9 Å². The first-order chi connectivity index (χ1) is 16.0. The molecule has 1 aliphatic carbocycles. The van der Waals surface area contributed by atoms with Crippen LogP contribution in [0.4, 0.5) is 26.3 Å². The topological polar surface area (TPSA) is 27.0 Å². The zero-order valence-electron chi connectivity index (χ0n) is 19.3. The summed E-state index contributed by atoms with van der Waals surface area (Å²) in [5.74, 6) is -5.77. The van der Waals surface area contributed by atoms with E-state index in [1.54, 1.807) is 30.3 Å². The third kappa shape index (κ3) is 8.05. The van der Waals surface area contributed by atoms with Crippen molar-refractivity contribution in [1.82, 2.24) is 4.90 Å². The number of hydrogen-bond acceptors (Lipinski definition) is 2. The standard InChI is InChI=1S/C24H27F6N.C2H3N/c1-31(15-13-17-6-3-2-4-7-17)14-5-8-18-9-11-19(12-10-18)20-16-21(23(25,26)27)22(20)24(28,29)30;1-2-3/h2-4,6-7,9-12,20-22H,5,8,13-16H2,1H3;1H3. The maximum Gasteiger partial charge on any atom is 0.393 e. The summed E-state index contributed by atoms with van der Waals surface area (Å²) in [6.45, 7) is 3.25. The molecule has 2 aromatic rings. The molecule has 0 heterocycles. The van der Waals surface area contributed by atoms with Gasteiger partial charge in [0.2, 0.25) is 0 Å². The minimum atomic E-state index is -4.86. The van der Waals surface area contributed by atoms with Gasteiger partial charge in [-0.15, -0.1) is 0 Å². The van der Waals surface area contributed by atoms with Crippen molar-refractivity contribution in [1.29, 1.82) is 5.26 Å². The fourth-order valence-electron chi connectivity index (χ4n) is 4.35. The van der Waals surface area contributed by atoms with Crippen LogP contribution in [0.2, 0.25) is 0 Å². The molecule has 3 unspecified atom stereocenters. The van der Waals surface area contributed by atoms with E-state index in [-0.39, 0.29) is 0 Å². The predicted octanol–water partition coefficient (Wildman–Crippen LogP) is 7.17. The molecule has 0 aliphatic heterocycles. The van der Waals surface area contributed by atoms with Crippen LogP contribution in [-0.2, 0) is 12.8 Å². The molecule has 1 fully saturated rings. The highest BCUT2D eigenvalue weighted by Crippen LogP contribution is 2.59. The Labute approximate surface area is 197 Å². The number of hydrogen-bond donors (Lipinski definition) is 0. The first-order valence-electron chi connectivity index (χ1n) is 11.2. The van der Waals surface area contributed by atoms with Crippen LogP contribution in [0.3, 0.4) is 0 Å². The van der Waals surface area contributed by atoms with Gasteiger partial charge in [0.1, 0.15) is 0 Å². The normalized spacial score (nSPS) is 20.2. The van der Waals surface area contributed by atoms with Gasteiger partial charge in [-0.1, -0.05) is 54.6 Å². The van der Waals surface area contributed by atoms with Crippen molar-refractivity contribution in [3.05, 3.63) is 71.3 Å². The Kier molecular flexibility index (Phi) is 9.99. The summed E-state index contributed by atoms with van der Waals surface area (Å²) in [5.41, 5.74) is 2.60. The molecule has 0 spiro atoms. The summed E-state index contributed by atoms with van der Waals surface area (Å²) < 4.78 is 78.3. The van der Waals surface area contributed by atoms with Crippen molar-refractivity contribution in [3.63, 3.8) is 0 Å². The third-order valence-electron chi connectivity index (χ3n) is 6.21. The highest BCUT2D eigenvalue weighted by molar-refractivity contribution is 5.29. The summed E-state index contributed by atoms with van der Waals surface area (Å²) in [6.07, 6.45) is -7.54. The Morgan fingerprint density at radius 2 is 1.41 bits per heavy atom. The summed E-state index contributed by atoms with van der Waals surface area (Å²) in [7, 11) is 2.05. The average Bonchev–Trinajstić information content (AvgIpc) is 2.72. The van der Waals surface area contributed by atoms with E-state index in [0.29, 0.717) is 5.56 Å². The third-order valence-corrected chi connectivity index (χ3v) is 6.21. The van der Waals surface area contributed by atoms with E-state index < -0.39 is 36.5 Å². The fraction of sp³-hybridized carbons (Fsp3) is 0.500. The van der Waals surface area contributed by atoms with Gasteiger partial charge in [-0.25, -0.2) is 0 Å². The predicted molar refractivity (Wildman–Crippen MR) is 120 cm³/mol. The van der Waals surface area contributed by atoms with Gasteiger partial charge in [0.15, 0.2) is 0 Å². The van der Waals surface area contributed by atoms with E-state index in [2.05, 4.69) is 24.1 Å². The van der Waals surface area contributed by atoms with Gasteiger partial charge in [0.25, 0.3) is 0 Å². The number of aryl methyl sites for hydroxylation is 1. The van der Waals surface area contributed by atoms with Crippen molar-refractivity contribution in [2.75, 3.05) is 20.1 Å². The van der Waals surface area contributed by atoms with Gasteiger partial charge in [-0.05, 0) is 61.9 Å². The summed E-state index contributed by atoms with van der Waals surface area (Å²) in [4.78, 5) is 2.24. The van der Waals surface area contributed by atoms with Crippen LogP contribution in [0, 0.1) is 23.2 Å². The molecule has 2 aromatic carbocycles. The van der Waals surface area contributed by atoms with Gasteiger partial charge in [-0.3, -0.25) is 0 Å². The SMILES string of the molecule is CC#N.CN(CCCc1ccc(C2CC(C(F)(F)F)C2C(F)(F)F)cc1)CCc1ccccc1. The molecule has 2 nitrogen and oxygen atoms in total. The van der Waals surface area contributed by atoms with Crippen LogP contribution in [0.15, 0.2) is 54.6 Å². The number of alkyl halides is 6. The first-order valence-corrected chi connectivity index (χ1v) is 11.2. The van der Waals surface area contributed by atoms with Crippen LogP contribution in [0.25, 0.3) is 0 Å². The highest BCUT2D eigenvalue weighted by atomic mass is 19.4. The Morgan fingerprint density at radius 1 is 0.853 bits per heavy atom. The zero-order valence-corrected chi connectivity index (χ0v) is 19.3. The lowest BCUT2D eigenvalue weighted by Crippen LogP contribution is -2.51. The van der Waals surface area contributed by atoms with Crippen LogP contribution < -0.4 is 0 Å². The molecule has 0 bridgehead atoms. The smallest absolute Gasteiger partial charge is 0.306 e. The van der Waals surface area contributed by atoms with Gasteiger partial charge in [0, 0.05) is 13.5 Å². The summed E-state index contributed by atoms with van der Waals surface area (Å²) in [6, 6.07) is 18.6. The molecule has 3 rings (SSSR count). The Morgan fingerprint density at radius 3 is 1.94 bits per heavy atom. The van der Waals surface area contributed by atoms with Gasteiger partial charge < -0.3 is 4.90 Å². The maximum absolute atomic E-state index is 13.2. The van der Waals surface area contributed by atoms with Crippen LogP contribution in [0.1, 0.15) is 42.4 Å². The molecule has 0 N–H and O–H groups in total. The molecule has 0 amide bonds. The molecule has 3 atom stereocenters. The lowest BCUT2D eigenvalue weighted by molar-refractivity contribution is -0.292. The van der Waals surface area contributed by atoms with E-state index in [1.807, 2.05) is 18.2 Å². The number of nitrogens with zero attached hydrogens (tertiary/aromatic N) is 2.